The molecule has 1 aliphatic rings. The Morgan fingerprint density at radius 3 is 2.53 bits per heavy atom. The summed E-state index contributed by atoms with van der Waals surface area (Å²) in [5.41, 5.74) is 6.50. The van der Waals surface area contributed by atoms with E-state index in [-0.39, 0.29) is 11.9 Å². The summed E-state index contributed by atoms with van der Waals surface area (Å²) in [5.74, 6) is 0.500. The van der Waals surface area contributed by atoms with Crippen molar-refractivity contribution in [3.63, 3.8) is 0 Å². The molecule has 4 nitrogen and oxygen atoms in total. The van der Waals surface area contributed by atoms with Gasteiger partial charge in [-0.1, -0.05) is 30.3 Å². The lowest BCUT2D eigenvalue weighted by molar-refractivity contribution is -0.122. The molecule has 90 valence electrons. The Kier molecular flexibility index (Phi) is 2.98. The zero-order valence-corrected chi connectivity index (χ0v) is 10.1. The fourth-order valence-corrected chi connectivity index (χ4v) is 1.79. The highest BCUT2D eigenvalue weighted by Crippen LogP contribution is 2.16. The van der Waals surface area contributed by atoms with Gasteiger partial charge in [-0.3, -0.25) is 9.79 Å². The van der Waals surface area contributed by atoms with E-state index in [0.29, 0.717) is 12.3 Å². The number of hydrogen-bond acceptors (Lipinski definition) is 3. The summed E-state index contributed by atoms with van der Waals surface area (Å²) in [6, 6.07) is 9.68. The van der Waals surface area contributed by atoms with Crippen LogP contribution in [0.5, 0.6) is 0 Å². The molecule has 1 aromatic carbocycles. The van der Waals surface area contributed by atoms with Gasteiger partial charge in [0, 0.05) is 0 Å². The largest absolute Gasteiger partial charge is 0.321 e. The molecule has 0 aliphatic carbocycles. The first kappa shape index (κ1) is 11.8. The fourth-order valence-electron chi connectivity index (χ4n) is 1.79. The predicted octanol–water partition coefficient (Wildman–Crippen LogP) is 0.863. The van der Waals surface area contributed by atoms with Crippen LogP contribution in [0.25, 0.3) is 0 Å². The van der Waals surface area contributed by atoms with Crippen LogP contribution in [0.2, 0.25) is 0 Å². The topological polar surface area (TPSA) is 67.5 Å². The van der Waals surface area contributed by atoms with Gasteiger partial charge in [-0.05, 0) is 25.8 Å². The average molecular weight is 231 g/mol. The maximum absolute atomic E-state index is 11.6. The Labute approximate surface area is 101 Å². The summed E-state index contributed by atoms with van der Waals surface area (Å²) in [5, 5.41) is 2.75. The number of nitrogens with zero attached hydrogens (tertiary/aromatic N) is 1. The lowest BCUT2D eigenvalue weighted by atomic mass is 10.1. The van der Waals surface area contributed by atoms with Crippen LogP contribution in [0.1, 0.15) is 19.4 Å². The third-order valence-corrected chi connectivity index (χ3v) is 2.85. The Balaban J connectivity index is 2.08. The first-order valence-corrected chi connectivity index (χ1v) is 5.70. The van der Waals surface area contributed by atoms with Crippen LogP contribution in [0.4, 0.5) is 0 Å². The summed E-state index contributed by atoms with van der Waals surface area (Å²) in [7, 11) is 0. The summed E-state index contributed by atoms with van der Waals surface area (Å²) in [6.45, 7) is 3.56. The van der Waals surface area contributed by atoms with E-state index < -0.39 is 5.54 Å². The third kappa shape index (κ3) is 2.53. The monoisotopic (exact) mass is 231 g/mol. The van der Waals surface area contributed by atoms with E-state index in [1.54, 1.807) is 13.8 Å². The summed E-state index contributed by atoms with van der Waals surface area (Å²) >= 11 is 0. The minimum Gasteiger partial charge on any atom is -0.321 e. The molecular formula is C13H17N3O. The van der Waals surface area contributed by atoms with E-state index >= 15 is 0 Å². The zero-order chi connectivity index (χ0) is 12.5. The molecule has 0 saturated heterocycles. The zero-order valence-electron chi connectivity index (χ0n) is 10.1. The molecule has 0 fully saturated rings. The Morgan fingerprint density at radius 2 is 2.00 bits per heavy atom. The smallest absolute Gasteiger partial charge is 0.252 e. The highest BCUT2D eigenvalue weighted by Gasteiger charge is 2.35. The molecule has 17 heavy (non-hydrogen) atoms. The SMILES string of the molecule is CC1(C)N=C([C@@H](N)Cc2ccccc2)NC1=O. The molecule has 1 aliphatic heterocycles. The van der Waals surface area contributed by atoms with Gasteiger partial charge < -0.3 is 11.1 Å². The van der Waals surface area contributed by atoms with E-state index in [1.165, 1.54) is 0 Å². The van der Waals surface area contributed by atoms with Crippen molar-refractivity contribution < 1.29 is 4.79 Å². The first-order chi connectivity index (χ1) is 7.99. The maximum Gasteiger partial charge on any atom is 0.252 e. The van der Waals surface area contributed by atoms with Crippen molar-refractivity contribution >= 4 is 11.7 Å². The molecule has 0 unspecified atom stereocenters. The molecule has 4 heteroatoms. The molecular weight excluding hydrogens is 214 g/mol. The second kappa shape index (κ2) is 4.30. The molecule has 3 N–H and O–H groups in total. The maximum atomic E-state index is 11.6. The minimum absolute atomic E-state index is 0.0870. The van der Waals surface area contributed by atoms with Gasteiger partial charge in [-0.15, -0.1) is 0 Å². The number of nitrogens with one attached hydrogen (secondary N) is 1. The number of hydrogen-bond donors (Lipinski definition) is 2. The van der Waals surface area contributed by atoms with Gasteiger partial charge in [-0.2, -0.15) is 0 Å². The van der Waals surface area contributed by atoms with Crippen LogP contribution in [-0.4, -0.2) is 23.3 Å². The lowest BCUT2D eigenvalue weighted by Crippen LogP contribution is -2.42. The first-order valence-electron chi connectivity index (χ1n) is 5.70. The van der Waals surface area contributed by atoms with Gasteiger partial charge in [0.05, 0.1) is 6.04 Å². The summed E-state index contributed by atoms with van der Waals surface area (Å²) < 4.78 is 0. The highest BCUT2D eigenvalue weighted by molar-refractivity contribution is 6.09. The van der Waals surface area contributed by atoms with E-state index in [0.717, 1.165) is 5.56 Å². The molecule has 0 bridgehead atoms. The van der Waals surface area contributed by atoms with Crippen LogP contribution in [0.15, 0.2) is 35.3 Å². The highest BCUT2D eigenvalue weighted by atomic mass is 16.2. The summed E-state index contributed by atoms with van der Waals surface area (Å²) in [4.78, 5) is 15.9. The molecule has 1 aromatic rings. The number of rotatable bonds is 3. The van der Waals surface area contributed by atoms with Crippen molar-refractivity contribution in [3.8, 4) is 0 Å². The van der Waals surface area contributed by atoms with Crippen molar-refractivity contribution in [1.82, 2.24) is 5.32 Å². The quantitative estimate of drug-likeness (QED) is 0.810. The molecule has 1 amide bonds. The van der Waals surface area contributed by atoms with Crippen molar-refractivity contribution in [1.29, 1.82) is 0 Å². The number of nitrogens with two attached hydrogens (primary N) is 1. The molecule has 0 spiro atoms. The number of amidine groups is 1. The van der Waals surface area contributed by atoms with Gasteiger partial charge in [-0.25, -0.2) is 0 Å². The lowest BCUT2D eigenvalue weighted by Gasteiger charge is -2.11. The van der Waals surface area contributed by atoms with Gasteiger partial charge in [0.2, 0.25) is 0 Å². The Morgan fingerprint density at radius 1 is 1.35 bits per heavy atom. The van der Waals surface area contributed by atoms with Crippen LogP contribution >= 0.6 is 0 Å². The van der Waals surface area contributed by atoms with E-state index in [9.17, 15) is 4.79 Å². The van der Waals surface area contributed by atoms with Crippen LogP contribution in [0, 0.1) is 0 Å². The second-order valence-electron chi connectivity index (χ2n) is 4.81. The number of amides is 1. The van der Waals surface area contributed by atoms with Crippen LogP contribution < -0.4 is 11.1 Å². The van der Waals surface area contributed by atoms with Gasteiger partial charge in [0.1, 0.15) is 11.4 Å². The predicted molar refractivity (Wildman–Crippen MR) is 67.8 cm³/mol. The molecule has 0 radical (unpaired) electrons. The second-order valence-corrected chi connectivity index (χ2v) is 4.81. The van der Waals surface area contributed by atoms with Crippen molar-refractivity contribution in [2.75, 3.05) is 0 Å². The molecule has 1 heterocycles. The molecule has 2 rings (SSSR count). The summed E-state index contributed by atoms with van der Waals surface area (Å²) in [6.07, 6.45) is 0.677. The number of carbonyl (C=O) groups is 1. The molecule has 1 atom stereocenters. The van der Waals surface area contributed by atoms with Crippen molar-refractivity contribution in [2.24, 2.45) is 10.7 Å². The van der Waals surface area contributed by atoms with Gasteiger partial charge in [0.15, 0.2) is 0 Å². The van der Waals surface area contributed by atoms with E-state index in [1.807, 2.05) is 30.3 Å². The number of benzene rings is 1. The number of carbonyl (C=O) groups excluding carboxylic acids is 1. The van der Waals surface area contributed by atoms with E-state index in [4.69, 9.17) is 5.73 Å². The average Bonchev–Trinajstić information content (AvgIpc) is 2.55. The van der Waals surface area contributed by atoms with E-state index in [2.05, 4.69) is 10.3 Å². The fraction of sp³-hybridized carbons (Fsp3) is 0.385. The van der Waals surface area contributed by atoms with Gasteiger partial charge >= 0.3 is 0 Å². The van der Waals surface area contributed by atoms with Crippen LogP contribution in [0.3, 0.4) is 0 Å². The normalized spacial score (nSPS) is 19.7. The standard InChI is InChI=1S/C13H17N3O/c1-13(2)12(17)15-11(16-13)10(14)8-9-6-4-3-5-7-9/h3-7,10H,8,14H2,1-2H3,(H,15,16,17)/t10-/m0/s1. The molecule has 0 aromatic heterocycles. The third-order valence-electron chi connectivity index (χ3n) is 2.85. The Bertz CT molecular complexity index is 451. The minimum atomic E-state index is -0.691. The number of aliphatic imine (C=N–C) groups is 1. The van der Waals surface area contributed by atoms with Crippen molar-refractivity contribution in [2.45, 2.75) is 31.8 Å². The Hall–Kier alpha value is -1.68. The van der Waals surface area contributed by atoms with Crippen molar-refractivity contribution in [3.05, 3.63) is 35.9 Å². The van der Waals surface area contributed by atoms with Gasteiger partial charge in [0.25, 0.3) is 5.91 Å². The van der Waals surface area contributed by atoms with Crippen LogP contribution in [-0.2, 0) is 11.2 Å². The molecule has 0 saturated carbocycles.